The lowest BCUT2D eigenvalue weighted by Gasteiger charge is -1.98. The molecule has 10 heavy (non-hydrogen) atoms. The van der Waals surface area contributed by atoms with Gasteiger partial charge in [0.2, 0.25) is 5.88 Å². The molecule has 0 aromatic carbocycles. The average molecular weight is 135 g/mol. The SMILES string of the molecule is O=C1CC=Nc2occc21. The van der Waals surface area contributed by atoms with E-state index in [2.05, 4.69) is 4.99 Å². The van der Waals surface area contributed by atoms with Gasteiger partial charge in [-0.1, -0.05) is 0 Å². The Labute approximate surface area is 57.4 Å². The molecule has 3 nitrogen and oxygen atoms in total. The minimum absolute atomic E-state index is 0.0822. The maximum Gasteiger partial charge on any atom is 0.229 e. The lowest BCUT2D eigenvalue weighted by molar-refractivity contribution is 0.100. The van der Waals surface area contributed by atoms with Crippen molar-refractivity contribution in [2.75, 3.05) is 0 Å². The van der Waals surface area contributed by atoms with Crippen molar-refractivity contribution >= 4 is 17.9 Å². The molecule has 3 heteroatoms. The number of fused-ring (bicyclic) bond motifs is 1. The zero-order valence-corrected chi connectivity index (χ0v) is 5.20. The lowest BCUT2D eigenvalue weighted by Crippen LogP contribution is -2.01. The van der Waals surface area contributed by atoms with Crippen LogP contribution in [0.2, 0.25) is 0 Å². The topological polar surface area (TPSA) is 42.6 Å². The quantitative estimate of drug-likeness (QED) is 0.541. The van der Waals surface area contributed by atoms with Crippen LogP contribution in [0.25, 0.3) is 0 Å². The van der Waals surface area contributed by atoms with E-state index in [1.54, 1.807) is 12.3 Å². The largest absolute Gasteiger partial charge is 0.446 e. The van der Waals surface area contributed by atoms with E-state index in [-0.39, 0.29) is 5.78 Å². The molecule has 1 aromatic rings. The van der Waals surface area contributed by atoms with Crippen molar-refractivity contribution in [3.63, 3.8) is 0 Å². The van der Waals surface area contributed by atoms with Gasteiger partial charge in [0.15, 0.2) is 5.78 Å². The molecule has 0 bridgehead atoms. The molecule has 2 heterocycles. The van der Waals surface area contributed by atoms with Crippen LogP contribution in [0.15, 0.2) is 21.7 Å². The first kappa shape index (κ1) is 5.41. The van der Waals surface area contributed by atoms with E-state index in [1.165, 1.54) is 6.26 Å². The summed E-state index contributed by atoms with van der Waals surface area (Å²) in [6, 6.07) is 1.65. The van der Waals surface area contributed by atoms with E-state index in [9.17, 15) is 4.79 Å². The summed E-state index contributed by atoms with van der Waals surface area (Å²) >= 11 is 0. The number of carbonyl (C=O) groups is 1. The highest BCUT2D eigenvalue weighted by atomic mass is 16.3. The van der Waals surface area contributed by atoms with E-state index >= 15 is 0 Å². The van der Waals surface area contributed by atoms with Crippen LogP contribution in [0.4, 0.5) is 5.88 Å². The summed E-state index contributed by atoms with van der Waals surface area (Å²) in [5, 5.41) is 0. The zero-order valence-electron chi connectivity index (χ0n) is 5.20. The Morgan fingerprint density at radius 1 is 1.60 bits per heavy atom. The molecule has 2 rings (SSSR count). The second kappa shape index (κ2) is 1.80. The first-order valence-electron chi connectivity index (χ1n) is 3.01. The normalized spacial score (nSPS) is 15.4. The van der Waals surface area contributed by atoms with Gasteiger partial charge in [0.25, 0.3) is 0 Å². The number of Topliss-reactive ketones (excluding diaryl/α,β-unsaturated/α-hetero) is 1. The Morgan fingerprint density at radius 3 is 3.30 bits per heavy atom. The number of aliphatic imine (C=N–C) groups is 1. The maximum absolute atomic E-state index is 11.0. The summed E-state index contributed by atoms with van der Waals surface area (Å²) in [6.07, 6.45) is 3.44. The van der Waals surface area contributed by atoms with Crippen LogP contribution in [0.3, 0.4) is 0 Å². The van der Waals surface area contributed by atoms with E-state index < -0.39 is 0 Å². The third-order valence-corrected chi connectivity index (χ3v) is 1.43. The molecule has 0 fully saturated rings. The minimum Gasteiger partial charge on any atom is -0.446 e. The summed E-state index contributed by atoms with van der Waals surface area (Å²) in [6.45, 7) is 0. The number of hydrogen-bond acceptors (Lipinski definition) is 3. The molecule has 0 saturated heterocycles. The van der Waals surface area contributed by atoms with Gasteiger partial charge in [-0.15, -0.1) is 0 Å². The van der Waals surface area contributed by atoms with Crippen LogP contribution in [0.1, 0.15) is 16.8 Å². The summed E-state index contributed by atoms with van der Waals surface area (Å²) in [5.41, 5.74) is 0.600. The van der Waals surface area contributed by atoms with Crippen LogP contribution in [0.5, 0.6) is 0 Å². The molecule has 0 atom stereocenters. The van der Waals surface area contributed by atoms with Gasteiger partial charge < -0.3 is 4.42 Å². The molecular weight excluding hydrogens is 130 g/mol. The average Bonchev–Trinajstić information content (AvgIpc) is 2.36. The van der Waals surface area contributed by atoms with Gasteiger partial charge in [-0.3, -0.25) is 4.79 Å². The number of nitrogens with zero attached hydrogens (tertiary/aromatic N) is 1. The first-order valence-corrected chi connectivity index (χ1v) is 3.01. The maximum atomic E-state index is 11.0. The number of carbonyl (C=O) groups excluding carboxylic acids is 1. The Morgan fingerprint density at radius 2 is 2.50 bits per heavy atom. The zero-order chi connectivity index (χ0) is 6.97. The number of rotatable bonds is 0. The van der Waals surface area contributed by atoms with Gasteiger partial charge in [0.1, 0.15) is 0 Å². The molecule has 0 radical (unpaired) electrons. The predicted molar refractivity (Wildman–Crippen MR) is 35.8 cm³/mol. The van der Waals surface area contributed by atoms with E-state index in [4.69, 9.17) is 4.42 Å². The van der Waals surface area contributed by atoms with E-state index in [1.807, 2.05) is 0 Å². The summed E-state index contributed by atoms with van der Waals surface area (Å²) < 4.78 is 4.91. The highest BCUT2D eigenvalue weighted by Gasteiger charge is 2.15. The van der Waals surface area contributed by atoms with Gasteiger partial charge >= 0.3 is 0 Å². The fraction of sp³-hybridized carbons (Fsp3) is 0.143. The van der Waals surface area contributed by atoms with Crippen LogP contribution in [-0.2, 0) is 0 Å². The smallest absolute Gasteiger partial charge is 0.229 e. The Hall–Kier alpha value is -1.38. The van der Waals surface area contributed by atoms with Crippen molar-refractivity contribution in [2.24, 2.45) is 4.99 Å². The highest BCUT2D eigenvalue weighted by molar-refractivity contribution is 6.09. The van der Waals surface area contributed by atoms with Crippen molar-refractivity contribution in [1.29, 1.82) is 0 Å². The summed E-state index contributed by atoms with van der Waals surface area (Å²) in [4.78, 5) is 14.9. The molecule has 0 spiro atoms. The highest BCUT2D eigenvalue weighted by Crippen LogP contribution is 2.23. The molecule has 50 valence electrons. The van der Waals surface area contributed by atoms with Crippen molar-refractivity contribution < 1.29 is 9.21 Å². The molecule has 1 aromatic heterocycles. The minimum atomic E-state index is 0.0822. The van der Waals surface area contributed by atoms with Crippen molar-refractivity contribution in [1.82, 2.24) is 0 Å². The second-order valence-corrected chi connectivity index (χ2v) is 2.08. The molecule has 0 N–H and O–H groups in total. The molecule has 1 aliphatic rings. The standard InChI is InChI=1S/C7H5NO2/c9-6-1-3-8-7-5(6)2-4-10-7/h2-4H,1H2. The van der Waals surface area contributed by atoms with Crippen molar-refractivity contribution in [3.05, 3.63) is 17.9 Å². The van der Waals surface area contributed by atoms with Gasteiger partial charge in [-0.2, -0.15) is 0 Å². The summed E-state index contributed by atoms with van der Waals surface area (Å²) in [5.74, 6) is 0.523. The molecule has 0 unspecified atom stereocenters. The van der Waals surface area contributed by atoms with Gasteiger partial charge in [0.05, 0.1) is 11.8 Å². The fourth-order valence-corrected chi connectivity index (χ4v) is 0.935. The molecule has 0 saturated carbocycles. The van der Waals surface area contributed by atoms with Crippen LogP contribution >= 0.6 is 0 Å². The Bertz CT molecular complexity index is 298. The van der Waals surface area contributed by atoms with Crippen LogP contribution < -0.4 is 0 Å². The Kier molecular flexibility index (Phi) is 0.974. The Balaban J connectivity index is 2.62. The molecule has 0 amide bonds. The first-order chi connectivity index (χ1) is 4.88. The number of ketones is 1. The van der Waals surface area contributed by atoms with E-state index in [0.29, 0.717) is 17.9 Å². The third-order valence-electron chi connectivity index (χ3n) is 1.43. The van der Waals surface area contributed by atoms with Crippen LogP contribution in [-0.4, -0.2) is 12.0 Å². The van der Waals surface area contributed by atoms with Gasteiger partial charge in [0, 0.05) is 12.6 Å². The summed E-state index contributed by atoms with van der Waals surface area (Å²) in [7, 11) is 0. The molecular formula is C7H5NO2. The molecule has 1 aliphatic heterocycles. The predicted octanol–water partition coefficient (Wildman–Crippen LogP) is 1.57. The van der Waals surface area contributed by atoms with E-state index in [0.717, 1.165) is 0 Å². The monoisotopic (exact) mass is 135 g/mol. The van der Waals surface area contributed by atoms with Crippen molar-refractivity contribution in [3.8, 4) is 0 Å². The van der Waals surface area contributed by atoms with Gasteiger partial charge in [-0.25, -0.2) is 4.99 Å². The second-order valence-electron chi connectivity index (χ2n) is 2.08. The fourth-order valence-electron chi connectivity index (χ4n) is 0.935. The van der Waals surface area contributed by atoms with Crippen molar-refractivity contribution in [2.45, 2.75) is 6.42 Å². The lowest BCUT2D eigenvalue weighted by atomic mass is 10.1. The van der Waals surface area contributed by atoms with Crippen LogP contribution in [0, 0.1) is 0 Å². The third kappa shape index (κ3) is 0.603. The molecule has 0 aliphatic carbocycles. The van der Waals surface area contributed by atoms with Gasteiger partial charge in [-0.05, 0) is 6.07 Å². The number of furan rings is 1. The number of hydrogen-bond donors (Lipinski definition) is 0.